The van der Waals surface area contributed by atoms with Crippen LogP contribution < -0.4 is 10.6 Å². The molecule has 3 saturated heterocycles. The number of urea groups is 1. The molecule has 3 aliphatic heterocycles. The van der Waals surface area contributed by atoms with E-state index in [2.05, 4.69) is 10.6 Å². The van der Waals surface area contributed by atoms with Crippen molar-refractivity contribution in [3.8, 4) is 0 Å². The van der Waals surface area contributed by atoms with Crippen molar-refractivity contribution in [1.29, 1.82) is 0 Å². The van der Waals surface area contributed by atoms with Crippen LogP contribution >= 0.6 is 12.4 Å². The Labute approximate surface area is 158 Å². The van der Waals surface area contributed by atoms with Crippen molar-refractivity contribution < 1.29 is 18.0 Å². The van der Waals surface area contributed by atoms with Gasteiger partial charge in [-0.1, -0.05) is 12.1 Å². The molecule has 1 aromatic carbocycles. The number of nitrogens with zero attached hydrogens (tertiary/aromatic N) is 1. The highest BCUT2D eigenvalue weighted by Gasteiger charge is 2.56. The lowest BCUT2D eigenvalue weighted by atomic mass is 9.84. The molecule has 0 aromatic heterocycles. The van der Waals surface area contributed by atoms with Crippen LogP contribution in [0.5, 0.6) is 0 Å². The van der Waals surface area contributed by atoms with Crippen LogP contribution in [0, 0.1) is 0 Å². The van der Waals surface area contributed by atoms with Gasteiger partial charge in [-0.25, -0.2) is 13.2 Å². The molecule has 9 heteroatoms. The summed E-state index contributed by atoms with van der Waals surface area (Å²) in [6.45, 7) is 0.152. The molecule has 26 heavy (non-hydrogen) atoms. The third-order valence-electron chi connectivity index (χ3n) is 5.46. The number of piperidine rings is 1. The normalized spacial score (nSPS) is 30.4. The van der Waals surface area contributed by atoms with E-state index in [4.69, 9.17) is 0 Å². The molecule has 2 bridgehead atoms. The van der Waals surface area contributed by atoms with Gasteiger partial charge in [-0.2, -0.15) is 0 Å². The second-order valence-corrected chi connectivity index (χ2v) is 9.38. The molecule has 142 valence electrons. The fourth-order valence-corrected chi connectivity index (χ4v) is 4.90. The third kappa shape index (κ3) is 3.21. The average molecular weight is 400 g/mol. The number of amides is 3. The fraction of sp³-hybridized carbons (Fsp3) is 0.529. The van der Waals surface area contributed by atoms with Crippen LogP contribution in [0.4, 0.5) is 4.79 Å². The van der Waals surface area contributed by atoms with Crippen LogP contribution in [0.2, 0.25) is 0 Å². The van der Waals surface area contributed by atoms with Crippen LogP contribution in [-0.2, 0) is 21.2 Å². The number of imide groups is 1. The van der Waals surface area contributed by atoms with Crippen LogP contribution in [0.3, 0.4) is 0 Å². The molecule has 4 rings (SSSR count). The van der Waals surface area contributed by atoms with Crippen molar-refractivity contribution in [3.05, 3.63) is 29.8 Å². The van der Waals surface area contributed by atoms with Gasteiger partial charge < -0.3 is 10.6 Å². The van der Waals surface area contributed by atoms with E-state index >= 15 is 0 Å². The van der Waals surface area contributed by atoms with E-state index in [9.17, 15) is 18.0 Å². The molecule has 0 aliphatic carbocycles. The minimum atomic E-state index is -3.26. The second-order valence-electron chi connectivity index (χ2n) is 7.37. The van der Waals surface area contributed by atoms with Gasteiger partial charge in [-0.05, 0) is 43.4 Å². The van der Waals surface area contributed by atoms with Crippen molar-refractivity contribution in [2.24, 2.45) is 0 Å². The summed E-state index contributed by atoms with van der Waals surface area (Å²) in [7, 11) is -3.26. The van der Waals surface area contributed by atoms with Gasteiger partial charge in [0.1, 0.15) is 5.54 Å². The quantitative estimate of drug-likeness (QED) is 0.745. The Morgan fingerprint density at radius 3 is 2.23 bits per heavy atom. The predicted octanol–water partition coefficient (Wildman–Crippen LogP) is 1.22. The Bertz CT molecular complexity index is 828. The minimum absolute atomic E-state index is 0. The van der Waals surface area contributed by atoms with Gasteiger partial charge in [0.25, 0.3) is 5.91 Å². The van der Waals surface area contributed by atoms with Crippen molar-refractivity contribution in [3.63, 3.8) is 0 Å². The van der Waals surface area contributed by atoms with Crippen LogP contribution in [-0.4, -0.2) is 49.1 Å². The van der Waals surface area contributed by atoms with Gasteiger partial charge in [-0.3, -0.25) is 9.69 Å². The van der Waals surface area contributed by atoms with Crippen molar-refractivity contribution in [2.45, 2.75) is 54.7 Å². The summed E-state index contributed by atoms with van der Waals surface area (Å²) < 4.78 is 23.1. The zero-order chi connectivity index (χ0) is 17.8. The maximum absolute atomic E-state index is 13.0. The maximum atomic E-state index is 13.0. The zero-order valence-corrected chi connectivity index (χ0v) is 16.0. The summed E-state index contributed by atoms with van der Waals surface area (Å²) in [5.41, 5.74) is -0.0502. The standard InChI is InChI=1S/C17H21N3O4S.ClH/c1-25(23,24)14-6-2-11(3-7-14)10-20-15(21)17(19-16(20)22)8-12-4-5-13(9-17)18-12;/h2-3,6-7,12-13,18H,4-5,8-10H2,1H3,(H,19,22);1H. The lowest BCUT2D eigenvalue weighted by Gasteiger charge is -2.36. The molecule has 1 aromatic rings. The van der Waals surface area contributed by atoms with Gasteiger partial charge >= 0.3 is 6.03 Å². The number of benzene rings is 1. The Morgan fingerprint density at radius 1 is 1.12 bits per heavy atom. The van der Waals surface area contributed by atoms with Crippen LogP contribution in [0.15, 0.2) is 29.2 Å². The highest BCUT2D eigenvalue weighted by molar-refractivity contribution is 7.90. The molecule has 3 aliphatic rings. The number of halogens is 1. The Kier molecular flexibility index (Phi) is 4.79. The number of hydrogen-bond acceptors (Lipinski definition) is 5. The number of fused-ring (bicyclic) bond motifs is 2. The topological polar surface area (TPSA) is 95.6 Å². The molecule has 2 N–H and O–H groups in total. The number of carbonyl (C=O) groups is 2. The zero-order valence-electron chi connectivity index (χ0n) is 14.4. The molecule has 1 spiro atoms. The van der Waals surface area contributed by atoms with Gasteiger partial charge in [-0.15, -0.1) is 12.4 Å². The first-order chi connectivity index (χ1) is 11.8. The SMILES string of the molecule is CS(=O)(=O)c1ccc(CN2C(=O)NC3(CC4CCC(C3)N4)C2=O)cc1.Cl. The molecular weight excluding hydrogens is 378 g/mol. The van der Waals surface area contributed by atoms with Gasteiger partial charge in [0.2, 0.25) is 0 Å². The summed E-state index contributed by atoms with van der Waals surface area (Å²) >= 11 is 0. The van der Waals surface area contributed by atoms with Crippen molar-refractivity contribution in [1.82, 2.24) is 15.5 Å². The number of rotatable bonds is 3. The number of nitrogens with one attached hydrogen (secondary N) is 2. The molecule has 0 radical (unpaired) electrons. The fourth-order valence-electron chi connectivity index (χ4n) is 4.27. The van der Waals surface area contributed by atoms with E-state index in [0.29, 0.717) is 12.8 Å². The summed E-state index contributed by atoms with van der Waals surface area (Å²) in [5.74, 6) is -0.164. The van der Waals surface area contributed by atoms with Crippen molar-refractivity contribution >= 4 is 34.2 Å². The first-order valence-corrected chi connectivity index (χ1v) is 10.4. The Hall–Kier alpha value is -1.64. The molecule has 7 nitrogen and oxygen atoms in total. The summed E-state index contributed by atoms with van der Waals surface area (Å²) in [4.78, 5) is 26.8. The predicted molar refractivity (Wildman–Crippen MR) is 97.8 cm³/mol. The van der Waals surface area contributed by atoms with E-state index in [-0.39, 0.29) is 47.9 Å². The summed E-state index contributed by atoms with van der Waals surface area (Å²) in [5, 5.41) is 6.41. The lowest BCUT2D eigenvalue weighted by Crippen LogP contribution is -2.57. The van der Waals surface area contributed by atoms with E-state index < -0.39 is 15.4 Å². The molecular formula is C17H22ClN3O4S. The van der Waals surface area contributed by atoms with Gasteiger partial charge in [0.05, 0.1) is 11.4 Å². The van der Waals surface area contributed by atoms with Gasteiger partial charge in [0.15, 0.2) is 9.84 Å². The average Bonchev–Trinajstić information content (AvgIpc) is 2.99. The molecule has 3 fully saturated rings. The number of sulfone groups is 1. The van der Waals surface area contributed by atoms with Crippen LogP contribution in [0.25, 0.3) is 0 Å². The third-order valence-corrected chi connectivity index (χ3v) is 6.59. The molecule has 2 unspecified atom stereocenters. The van der Waals surface area contributed by atoms with E-state index in [1.54, 1.807) is 12.1 Å². The second kappa shape index (κ2) is 6.51. The number of carbonyl (C=O) groups excluding carboxylic acids is 2. The van der Waals surface area contributed by atoms with Crippen molar-refractivity contribution in [2.75, 3.05) is 6.26 Å². The molecule has 3 heterocycles. The Morgan fingerprint density at radius 2 is 1.69 bits per heavy atom. The first-order valence-electron chi connectivity index (χ1n) is 8.46. The molecule has 2 atom stereocenters. The van der Waals surface area contributed by atoms with E-state index in [1.807, 2.05) is 0 Å². The monoisotopic (exact) mass is 399 g/mol. The molecule has 0 saturated carbocycles. The lowest BCUT2D eigenvalue weighted by molar-refractivity contribution is -0.133. The highest BCUT2D eigenvalue weighted by Crippen LogP contribution is 2.38. The first kappa shape index (κ1) is 19.1. The summed E-state index contributed by atoms with van der Waals surface area (Å²) in [6.07, 6.45) is 4.51. The van der Waals surface area contributed by atoms with E-state index in [1.165, 1.54) is 17.0 Å². The smallest absolute Gasteiger partial charge is 0.323 e. The molecule has 3 amide bonds. The van der Waals surface area contributed by atoms with Crippen LogP contribution in [0.1, 0.15) is 31.2 Å². The Balaban J connectivity index is 0.00000196. The number of hydrogen-bond donors (Lipinski definition) is 2. The summed E-state index contributed by atoms with van der Waals surface area (Å²) in [6, 6.07) is 6.52. The van der Waals surface area contributed by atoms with E-state index in [0.717, 1.165) is 24.7 Å². The minimum Gasteiger partial charge on any atom is -0.323 e. The largest absolute Gasteiger partial charge is 0.325 e. The van der Waals surface area contributed by atoms with Gasteiger partial charge in [0, 0.05) is 18.3 Å². The maximum Gasteiger partial charge on any atom is 0.325 e. The highest BCUT2D eigenvalue weighted by atomic mass is 35.5.